The lowest BCUT2D eigenvalue weighted by atomic mass is 10.2. The average molecular weight is 261 g/mol. The number of alkyl halides is 2. The monoisotopic (exact) mass is 261 g/mol. The highest BCUT2D eigenvalue weighted by molar-refractivity contribution is 7.99. The summed E-state index contributed by atoms with van der Waals surface area (Å²) in [7, 11) is 1.54. The Morgan fingerprint density at radius 3 is 2.59 bits per heavy atom. The van der Waals surface area contributed by atoms with E-state index in [0.717, 1.165) is 0 Å². The number of thioether (sulfide) groups is 1. The third-order valence-electron chi connectivity index (χ3n) is 1.93. The molecule has 1 aromatic rings. The van der Waals surface area contributed by atoms with Crippen LogP contribution in [0.1, 0.15) is 10.4 Å². The van der Waals surface area contributed by atoms with Crippen molar-refractivity contribution in [3.63, 3.8) is 0 Å². The Balaban J connectivity index is 2.52. The van der Waals surface area contributed by atoms with Crippen molar-refractivity contribution in [3.05, 3.63) is 29.8 Å². The zero-order valence-corrected chi connectivity index (χ0v) is 10.1. The molecular formula is C11H13F2NO2S. The summed E-state index contributed by atoms with van der Waals surface area (Å²) in [5.74, 6) is -2.69. The zero-order chi connectivity index (χ0) is 12.7. The summed E-state index contributed by atoms with van der Waals surface area (Å²) >= 11 is 0.455. The molecule has 3 nitrogen and oxygen atoms in total. The van der Waals surface area contributed by atoms with Crippen molar-refractivity contribution in [1.82, 2.24) is 5.32 Å². The normalized spacial score (nSPS) is 10.6. The molecule has 0 fully saturated rings. The van der Waals surface area contributed by atoms with Gasteiger partial charge in [-0.05, 0) is 24.3 Å². The zero-order valence-electron chi connectivity index (χ0n) is 9.28. The fourth-order valence-corrected chi connectivity index (χ4v) is 1.66. The molecule has 0 bridgehead atoms. The van der Waals surface area contributed by atoms with Crippen molar-refractivity contribution in [2.24, 2.45) is 0 Å². The number of carbonyl (C=O) groups is 1. The molecule has 1 rings (SSSR count). The first-order chi connectivity index (χ1) is 8.13. The van der Waals surface area contributed by atoms with Crippen molar-refractivity contribution >= 4 is 17.7 Å². The van der Waals surface area contributed by atoms with E-state index in [-0.39, 0.29) is 5.91 Å². The first-order valence-corrected chi connectivity index (χ1v) is 5.83. The lowest BCUT2D eigenvalue weighted by molar-refractivity contribution is 0.0937. The molecule has 0 aromatic heterocycles. The van der Waals surface area contributed by atoms with Crippen LogP contribution in [0, 0.1) is 0 Å². The summed E-state index contributed by atoms with van der Waals surface area (Å²) in [6.45, 7) is 0.855. The van der Waals surface area contributed by atoms with Crippen LogP contribution in [0.15, 0.2) is 29.2 Å². The van der Waals surface area contributed by atoms with E-state index >= 15 is 0 Å². The van der Waals surface area contributed by atoms with Gasteiger partial charge in [-0.3, -0.25) is 4.79 Å². The maximum absolute atomic E-state index is 12.1. The molecule has 0 heterocycles. The lowest BCUT2D eigenvalue weighted by Crippen LogP contribution is -2.26. The minimum atomic E-state index is -2.45. The van der Waals surface area contributed by atoms with E-state index in [9.17, 15) is 13.6 Å². The first kappa shape index (κ1) is 13.9. The van der Waals surface area contributed by atoms with E-state index in [1.165, 1.54) is 24.3 Å². The number of rotatable bonds is 6. The SMILES string of the molecule is COCCNC(=O)c1ccc(SC(F)F)cc1. The number of ether oxygens (including phenoxy) is 1. The molecule has 0 atom stereocenters. The number of hydrogen-bond donors (Lipinski definition) is 1. The molecule has 0 unspecified atom stereocenters. The largest absolute Gasteiger partial charge is 0.383 e. The van der Waals surface area contributed by atoms with Crippen LogP contribution < -0.4 is 5.32 Å². The summed E-state index contributed by atoms with van der Waals surface area (Å²) in [6.07, 6.45) is 0. The van der Waals surface area contributed by atoms with Crippen LogP contribution in [0.4, 0.5) is 8.78 Å². The van der Waals surface area contributed by atoms with Gasteiger partial charge < -0.3 is 10.1 Å². The van der Waals surface area contributed by atoms with Gasteiger partial charge in [0.1, 0.15) is 0 Å². The van der Waals surface area contributed by atoms with Gasteiger partial charge in [-0.15, -0.1) is 0 Å². The quantitative estimate of drug-likeness (QED) is 0.631. The van der Waals surface area contributed by atoms with Crippen molar-refractivity contribution in [1.29, 1.82) is 0 Å². The fraction of sp³-hybridized carbons (Fsp3) is 0.364. The first-order valence-electron chi connectivity index (χ1n) is 4.95. The van der Waals surface area contributed by atoms with Crippen LogP contribution in [0.5, 0.6) is 0 Å². The van der Waals surface area contributed by atoms with Crippen molar-refractivity contribution < 1.29 is 18.3 Å². The maximum Gasteiger partial charge on any atom is 0.288 e. The Morgan fingerprint density at radius 1 is 1.41 bits per heavy atom. The Labute approximate surface area is 103 Å². The van der Waals surface area contributed by atoms with Gasteiger partial charge in [0.15, 0.2) is 0 Å². The molecule has 0 aliphatic heterocycles. The van der Waals surface area contributed by atoms with Crippen LogP contribution in [0.3, 0.4) is 0 Å². The summed E-state index contributed by atoms with van der Waals surface area (Å²) in [5.41, 5.74) is 0.444. The van der Waals surface area contributed by atoms with Crippen LogP contribution >= 0.6 is 11.8 Å². The lowest BCUT2D eigenvalue weighted by Gasteiger charge is -2.05. The number of benzene rings is 1. The molecule has 17 heavy (non-hydrogen) atoms. The Hall–Kier alpha value is -1.14. The average Bonchev–Trinajstić information content (AvgIpc) is 2.29. The number of nitrogens with one attached hydrogen (secondary N) is 1. The third kappa shape index (κ3) is 5.14. The van der Waals surface area contributed by atoms with E-state index < -0.39 is 5.76 Å². The highest BCUT2D eigenvalue weighted by atomic mass is 32.2. The number of halogens is 2. The molecule has 0 spiro atoms. The van der Waals surface area contributed by atoms with Gasteiger partial charge in [0.05, 0.1) is 6.61 Å². The highest BCUT2D eigenvalue weighted by Gasteiger charge is 2.07. The van der Waals surface area contributed by atoms with Gasteiger partial charge in [-0.25, -0.2) is 0 Å². The molecule has 6 heteroatoms. The van der Waals surface area contributed by atoms with Crippen molar-refractivity contribution in [3.8, 4) is 0 Å². The molecule has 1 amide bonds. The molecule has 1 aromatic carbocycles. The van der Waals surface area contributed by atoms with Crippen molar-refractivity contribution in [2.75, 3.05) is 20.3 Å². The van der Waals surface area contributed by atoms with E-state index in [2.05, 4.69) is 5.32 Å². The number of carbonyl (C=O) groups excluding carboxylic acids is 1. The summed E-state index contributed by atoms with van der Waals surface area (Å²) in [4.78, 5) is 12.0. The Bertz CT molecular complexity index is 357. The van der Waals surface area contributed by atoms with Gasteiger partial charge in [0, 0.05) is 24.1 Å². The van der Waals surface area contributed by atoms with E-state index in [0.29, 0.717) is 35.4 Å². The van der Waals surface area contributed by atoms with Gasteiger partial charge in [-0.1, -0.05) is 11.8 Å². The molecule has 94 valence electrons. The van der Waals surface area contributed by atoms with Gasteiger partial charge >= 0.3 is 0 Å². The molecule has 0 saturated carbocycles. The number of amides is 1. The second-order valence-electron chi connectivity index (χ2n) is 3.15. The van der Waals surface area contributed by atoms with E-state index in [1.54, 1.807) is 7.11 Å². The minimum Gasteiger partial charge on any atom is -0.383 e. The van der Waals surface area contributed by atoms with Crippen molar-refractivity contribution in [2.45, 2.75) is 10.7 Å². The Morgan fingerprint density at radius 2 is 2.06 bits per heavy atom. The van der Waals surface area contributed by atoms with Gasteiger partial charge in [0.2, 0.25) is 0 Å². The second kappa shape index (κ2) is 7.24. The summed E-state index contributed by atoms with van der Waals surface area (Å²) in [5, 5.41) is 2.64. The molecule has 0 aliphatic rings. The second-order valence-corrected chi connectivity index (χ2v) is 4.22. The van der Waals surface area contributed by atoms with Gasteiger partial charge in [-0.2, -0.15) is 8.78 Å². The predicted octanol–water partition coefficient (Wildman–Crippen LogP) is 2.38. The van der Waals surface area contributed by atoms with E-state index in [4.69, 9.17) is 4.74 Å². The maximum atomic E-state index is 12.1. The third-order valence-corrected chi connectivity index (χ3v) is 2.66. The molecule has 0 radical (unpaired) electrons. The predicted molar refractivity (Wildman–Crippen MR) is 62.5 cm³/mol. The van der Waals surface area contributed by atoms with E-state index in [1.807, 2.05) is 0 Å². The van der Waals surface area contributed by atoms with Crippen LogP contribution in [0.2, 0.25) is 0 Å². The number of methoxy groups -OCH3 is 1. The molecular weight excluding hydrogens is 248 g/mol. The topological polar surface area (TPSA) is 38.3 Å². The molecule has 1 N–H and O–H groups in total. The van der Waals surface area contributed by atoms with Crippen LogP contribution in [-0.4, -0.2) is 31.9 Å². The smallest absolute Gasteiger partial charge is 0.288 e. The van der Waals surface area contributed by atoms with Crippen LogP contribution in [-0.2, 0) is 4.74 Å². The number of hydrogen-bond acceptors (Lipinski definition) is 3. The molecule has 0 saturated heterocycles. The fourth-order valence-electron chi connectivity index (χ4n) is 1.16. The van der Waals surface area contributed by atoms with Gasteiger partial charge in [0.25, 0.3) is 11.7 Å². The summed E-state index contributed by atoms with van der Waals surface area (Å²) < 4.78 is 28.9. The molecule has 0 aliphatic carbocycles. The summed E-state index contributed by atoms with van der Waals surface area (Å²) in [6, 6.07) is 6.05. The van der Waals surface area contributed by atoms with Crippen LogP contribution in [0.25, 0.3) is 0 Å². The Kier molecular flexibility index (Phi) is 5.93. The highest BCUT2D eigenvalue weighted by Crippen LogP contribution is 2.24. The minimum absolute atomic E-state index is 0.240. The standard InChI is InChI=1S/C11H13F2NO2S/c1-16-7-6-14-10(15)8-2-4-9(5-3-8)17-11(12)13/h2-5,11H,6-7H2,1H3,(H,14,15).